The molecule has 0 spiro atoms. The predicted molar refractivity (Wildman–Crippen MR) is 109 cm³/mol. The van der Waals surface area contributed by atoms with Crippen LogP contribution in [0.3, 0.4) is 0 Å². The molecule has 0 unspecified atom stereocenters. The lowest BCUT2D eigenvalue weighted by atomic mass is 10.1. The van der Waals surface area contributed by atoms with Gasteiger partial charge in [-0.05, 0) is 30.3 Å². The molecule has 0 aliphatic carbocycles. The van der Waals surface area contributed by atoms with E-state index in [0.29, 0.717) is 34.5 Å². The third kappa shape index (κ3) is 4.57. The number of amides is 1. The number of furan rings is 1. The molecular formula is C21H20ClNO6. The van der Waals surface area contributed by atoms with Crippen molar-refractivity contribution < 1.29 is 28.5 Å². The van der Waals surface area contributed by atoms with E-state index in [2.05, 4.69) is 5.32 Å². The molecule has 0 fully saturated rings. The molecule has 3 aromatic rings. The molecule has 0 atom stereocenters. The van der Waals surface area contributed by atoms with Crippen molar-refractivity contribution in [1.82, 2.24) is 0 Å². The molecule has 152 valence electrons. The van der Waals surface area contributed by atoms with Gasteiger partial charge in [-0.25, -0.2) is 0 Å². The lowest BCUT2D eigenvalue weighted by Gasteiger charge is -2.14. The van der Waals surface area contributed by atoms with Crippen LogP contribution < -0.4 is 19.5 Å². The first kappa shape index (κ1) is 20.4. The first-order chi connectivity index (χ1) is 13.9. The van der Waals surface area contributed by atoms with Gasteiger partial charge in [-0.3, -0.25) is 4.79 Å². The number of hydrogen-bond acceptors (Lipinski definition) is 6. The van der Waals surface area contributed by atoms with E-state index in [9.17, 15) is 9.90 Å². The van der Waals surface area contributed by atoms with Crippen LogP contribution in [0.25, 0.3) is 0 Å². The van der Waals surface area contributed by atoms with Crippen molar-refractivity contribution in [3.05, 3.63) is 64.6 Å². The van der Waals surface area contributed by atoms with Gasteiger partial charge in [-0.15, -0.1) is 0 Å². The smallest absolute Gasteiger partial charge is 0.291 e. The van der Waals surface area contributed by atoms with Crippen LogP contribution in [0.5, 0.6) is 23.0 Å². The summed E-state index contributed by atoms with van der Waals surface area (Å²) >= 11 is 5.90. The van der Waals surface area contributed by atoms with E-state index in [1.165, 1.54) is 18.2 Å². The van der Waals surface area contributed by atoms with Gasteiger partial charge in [0.2, 0.25) is 0 Å². The Balaban J connectivity index is 1.82. The Morgan fingerprint density at radius 3 is 2.34 bits per heavy atom. The van der Waals surface area contributed by atoms with Crippen LogP contribution >= 0.6 is 11.6 Å². The largest absolute Gasteiger partial charge is 0.506 e. The number of phenols is 1. The lowest BCUT2D eigenvalue weighted by Crippen LogP contribution is -2.11. The standard InChI is InChI=1S/C21H20ClNO6/c1-26-14-10-19(27-2)15(20(11-14)28-3)9-13-5-7-18(29-13)21(25)23-16-8-12(22)4-6-17(16)24/h4-8,10-11,24H,9H2,1-3H3,(H,23,25). The minimum atomic E-state index is -0.512. The average molecular weight is 418 g/mol. The molecule has 0 aliphatic rings. The summed E-state index contributed by atoms with van der Waals surface area (Å²) in [5.74, 6) is 1.77. The van der Waals surface area contributed by atoms with E-state index in [0.717, 1.165) is 5.56 Å². The molecule has 0 aliphatic heterocycles. The second kappa shape index (κ2) is 8.79. The highest BCUT2D eigenvalue weighted by Gasteiger charge is 2.18. The first-order valence-electron chi connectivity index (χ1n) is 8.62. The van der Waals surface area contributed by atoms with Gasteiger partial charge in [0.25, 0.3) is 5.91 Å². The number of benzene rings is 2. The summed E-state index contributed by atoms with van der Waals surface area (Å²) in [5, 5.41) is 12.8. The Morgan fingerprint density at radius 1 is 1.03 bits per heavy atom. The zero-order valence-electron chi connectivity index (χ0n) is 16.1. The van der Waals surface area contributed by atoms with Crippen LogP contribution in [-0.2, 0) is 6.42 Å². The molecule has 1 aromatic heterocycles. The Bertz CT molecular complexity index is 1000. The molecule has 1 amide bonds. The summed E-state index contributed by atoms with van der Waals surface area (Å²) in [6.45, 7) is 0. The third-order valence-electron chi connectivity index (χ3n) is 4.26. The van der Waals surface area contributed by atoms with Gasteiger partial charge in [0.05, 0.1) is 27.0 Å². The number of nitrogens with one attached hydrogen (secondary N) is 1. The van der Waals surface area contributed by atoms with E-state index < -0.39 is 5.91 Å². The molecule has 7 nitrogen and oxygen atoms in total. The maximum absolute atomic E-state index is 12.4. The molecule has 2 N–H and O–H groups in total. The van der Waals surface area contributed by atoms with Crippen molar-refractivity contribution in [2.45, 2.75) is 6.42 Å². The maximum atomic E-state index is 12.4. The minimum Gasteiger partial charge on any atom is -0.506 e. The highest BCUT2D eigenvalue weighted by atomic mass is 35.5. The molecule has 0 saturated carbocycles. The van der Waals surface area contributed by atoms with E-state index in [1.54, 1.807) is 45.6 Å². The number of rotatable bonds is 7. The predicted octanol–water partition coefficient (Wildman–Crippen LogP) is 4.51. The summed E-state index contributed by atoms with van der Waals surface area (Å²) in [6, 6.07) is 11.1. The van der Waals surface area contributed by atoms with Gasteiger partial charge in [0.15, 0.2) is 5.76 Å². The van der Waals surface area contributed by atoms with Crippen molar-refractivity contribution in [2.24, 2.45) is 0 Å². The summed E-state index contributed by atoms with van der Waals surface area (Å²) in [4.78, 5) is 12.4. The molecule has 3 rings (SSSR count). The monoisotopic (exact) mass is 417 g/mol. The van der Waals surface area contributed by atoms with Gasteiger partial charge in [0.1, 0.15) is 28.8 Å². The Morgan fingerprint density at radius 2 is 1.72 bits per heavy atom. The molecular weight excluding hydrogens is 398 g/mol. The van der Waals surface area contributed by atoms with Crippen molar-refractivity contribution in [1.29, 1.82) is 0 Å². The molecule has 0 saturated heterocycles. The van der Waals surface area contributed by atoms with Crippen molar-refractivity contribution in [2.75, 3.05) is 26.6 Å². The van der Waals surface area contributed by atoms with Gasteiger partial charge >= 0.3 is 0 Å². The lowest BCUT2D eigenvalue weighted by molar-refractivity contribution is 0.0994. The van der Waals surface area contributed by atoms with Crippen LogP contribution in [0.15, 0.2) is 46.9 Å². The van der Waals surface area contributed by atoms with Crippen LogP contribution in [0.1, 0.15) is 21.9 Å². The number of hydrogen-bond donors (Lipinski definition) is 2. The summed E-state index contributed by atoms with van der Waals surface area (Å²) in [7, 11) is 4.66. The van der Waals surface area contributed by atoms with Crippen LogP contribution in [0.2, 0.25) is 5.02 Å². The molecule has 0 bridgehead atoms. The highest BCUT2D eigenvalue weighted by Crippen LogP contribution is 2.36. The number of methoxy groups -OCH3 is 3. The number of anilines is 1. The van der Waals surface area contributed by atoms with E-state index >= 15 is 0 Å². The quantitative estimate of drug-likeness (QED) is 0.550. The molecule has 1 heterocycles. The number of halogens is 1. The average Bonchev–Trinajstić information content (AvgIpc) is 3.19. The van der Waals surface area contributed by atoms with E-state index in [1.807, 2.05) is 0 Å². The zero-order valence-corrected chi connectivity index (χ0v) is 16.9. The number of carbonyl (C=O) groups excluding carboxylic acids is 1. The fraction of sp³-hybridized carbons (Fsp3) is 0.190. The Labute approximate surface area is 172 Å². The maximum Gasteiger partial charge on any atom is 0.291 e. The fourth-order valence-electron chi connectivity index (χ4n) is 2.81. The van der Waals surface area contributed by atoms with Gasteiger partial charge in [-0.2, -0.15) is 0 Å². The molecule has 8 heteroatoms. The number of carbonyl (C=O) groups is 1. The van der Waals surface area contributed by atoms with Crippen molar-refractivity contribution in [3.63, 3.8) is 0 Å². The Hall–Kier alpha value is -3.32. The second-order valence-electron chi connectivity index (χ2n) is 6.07. The zero-order chi connectivity index (χ0) is 21.0. The van der Waals surface area contributed by atoms with Crippen molar-refractivity contribution in [3.8, 4) is 23.0 Å². The summed E-state index contributed by atoms with van der Waals surface area (Å²) in [6.07, 6.45) is 0.339. The topological polar surface area (TPSA) is 90.2 Å². The van der Waals surface area contributed by atoms with Gasteiger partial charge in [0, 0.05) is 29.1 Å². The van der Waals surface area contributed by atoms with Crippen LogP contribution in [0.4, 0.5) is 5.69 Å². The number of aromatic hydroxyl groups is 1. The highest BCUT2D eigenvalue weighted by molar-refractivity contribution is 6.31. The normalized spacial score (nSPS) is 10.5. The number of phenolic OH excluding ortho intramolecular Hbond substituents is 1. The first-order valence-corrected chi connectivity index (χ1v) is 9.00. The minimum absolute atomic E-state index is 0.0887. The second-order valence-corrected chi connectivity index (χ2v) is 6.51. The number of ether oxygens (including phenoxy) is 3. The van der Waals surface area contributed by atoms with Gasteiger partial charge in [-0.1, -0.05) is 11.6 Å². The van der Waals surface area contributed by atoms with E-state index in [4.69, 9.17) is 30.2 Å². The SMILES string of the molecule is COc1cc(OC)c(Cc2ccc(C(=O)Nc3cc(Cl)ccc3O)o2)c(OC)c1. The third-order valence-corrected chi connectivity index (χ3v) is 4.50. The molecule has 0 radical (unpaired) electrons. The molecule has 2 aromatic carbocycles. The summed E-state index contributed by atoms with van der Waals surface area (Å²) in [5.41, 5.74) is 0.948. The van der Waals surface area contributed by atoms with Crippen molar-refractivity contribution >= 4 is 23.2 Å². The fourth-order valence-corrected chi connectivity index (χ4v) is 2.99. The van der Waals surface area contributed by atoms with E-state index in [-0.39, 0.29) is 17.2 Å². The van der Waals surface area contributed by atoms with Crippen LogP contribution in [0, 0.1) is 0 Å². The summed E-state index contributed by atoms with van der Waals surface area (Å²) < 4.78 is 21.8. The Kier molecular flexibility index (Phi) is 6.19. The van der Waals surface area contributed by atoms with Crippen LogP contribution in [-0.4, -0.2) is 32.3 Å². The van der Waals surface area contributed by atoms with Gasteiger partial charge < -0.3 is 29.1 Å². The molecule has 29 heavy (non-hydrogen) atoms.